The lowest BCUT2D eigenvalue weighted by Gasteiger charge is -2.23. The first-order valence-corrected chi connectivity index (χ1v) is 48.8. The third-order valence-corrected chi connectivity index (χ3v) is 23.7. The zero-order valence-electron chi connectivity index (χ0n) is 79.6. The number of unbranched alkanes of at least 4 members (excludes halogenated alkanes) is 12. The molecule has 1 aliphatic rings. The Morgan fingerprint density at radius 3 is 0.899 bits per heavy atom. The van der Waals surface area contributed by atoms with Crippen LogP contribution in [-0.4, -0.2) is 245 Å². The van der Waals surface area contributed by atoms with Gasteiger partial charge in [-0.1, -0.05) is 192 Å². The van der Waals surface area contributed by atoms with Crippen LogP contribution < -0.4 is 74.4 Å². The molecule has 5 rings (SSSR count). The summed E-state index contributed by atoms with van der Waals surface area (Å²) in [5.41, 5.74) is 3.36. The summed E-state index contributed by atoms with van der Waals surface area (Å²) in [7, 11) is 0. The molecule has 0 bridgehead atoms. The van der Waals surface area contributed by atoms with Gasteiger partial charge in [-0.25, -0.2) is 24.0 Å². The number of aliphatic carboxylic acids is 5. The van der Waals surface area contributed by atoms with Gasteiger partial charge >= 0.3 is 41.9 Å². The highest BCUT2D eigenvalue weighted by atomic mass is 16.4. The van der Waals surface area contributed by atoms with Gasteiger partial charge in [-0.15, -0.1) is 0 Å². The number of nitrogens with one attached hydrogen (secondary N) is 14. The maximum absolute atomic E-state index is 14.4. The molecule has 1 heterocycles. The minimum atomic E-state index is -1.52. The molecule has 1 fully saturated rings. The molecule has 0 saturated carbocycles. The highest BCUT2D eigenvalue weighted by molar-refractivity contribution is 5.95. The lowest BCUT2D eigenvalue weighted by Crippen LogP contribution is -2.52. The normalized spacial score (nSPS) is 15.2. The van der Waals surface area contributed by atoms with E-state index >= 15 is 0 Å². The predicted molar refractivity (Wildman–Crippen MR) is 518 cm³/mol. The SMILES string of the molecule is C=C(O)C(CCCCCC(=O)CCCCCCCNC(=O)[C@H](CC(=O)[C@@H](Cc1ccccc1)NC(=O)CCCC(=O)NC1CNCCNCC(NC(=O)CCCC(=O)N[C@H](Cc2ccccc2)C(=O)C[C@H](Cc2ccccc2)C(=O)NCCCCCCCC(=O)CCCCCC(NC(=O)NC(CCC(=O)O)C(=O)O)C(=O)O)CNCCNC1)Cc1ccccc1)NC(=O)NC(CCC(=O)O)C(=O)O. The molecule has 0 aliphatic carbocycles. The van der Waals surface area contributed by atoms with Gasteiger partial charge in [0, 0.05) is 154 Å². The molecule has 37 heteroatoms. The Morgan fingerprint density at radius 1 is 0.297 bits per heavy atom. The molecule has 760 valence electrons. The van der Waals surface area contributed by atoms with Gasteiger partial charge in [-0.05, 0) is 125 Å². The van der Waals surface area contributed by atoms with Crippen LogP contribution in [0.5, 0.6) is 0 Å². The fourth-order valence-corrected chi connectivity index (χ4v) is 16.0. The van der Waals surface area contributed by atoms with Crippen LogP contribution in [0.1, 0.15) is 241 Å². The van der Waals surface area contributed by atoms with Crippen LogP contribution in [0.4, 0.5) is 9.59 Å². The Kier molecular flexibility index (Phi) is 58.5. The van der Waals surface area contributed by atoms with Gasteiger partial charge in [-0.3, -0.25) is 57.5 Å². The number of carboxylic acid groups (broad SMARTS) is 5. The van der Waals surface area contributed by atoms with E-state index in [0.29, 0.717) is 155 Å². The Bertz CT molecular complexity index is 4130. The van der Waals surface area contributed by atoms with Crippen LogP contribution in [0.15, 0.2) is 134 Å². The van der Waals surface area contributed by atoms with E-state index in [1.807, 2.05) is 121 Å². The number of rotatable bonds is 70. The number of carbonyl (C=O) groups is 17. The van der Waals surface area contributed by atoms with E-state index < -0.39 is 115 Å². The largest absolute Gasteiger partial charge is 0.511 e. The number of carbonyl (C=O) groups excluding carboxylic acids is 12. The molecule has 4 unspecified atom stereocenters. The van der Waals surface area contributed by atoms with Crippen molar-refractivity contribution in [3.63, 3.8) is 0 Å². The first-order valence-electron chi connectivity index (χ1n) is 48.8. The Morgan fingerprint density at radius 2 is 0.580 bits per heavy atom. The lowest BCUT2D eigenvalue weighted by atomic mass is 9.89. The zero-order valence-corrected chi connectivity index (χ0v) is 79.6. The average molecular weight is 1930 g/mol. The van der Waals surface area contributed by atoms with Crippen LogP contribution in [0.2, 0.25) is 0 Å². The number of amides is 10. The van der Waals surface area contributed by atoms with Gasteiger partial charge in [0.05, 0.1) is 30.2 Å². The fraction of sp³-hybridized carbons (Fsp3) is 0.574. The first kappa shape index (κ1) is 116. The van der Waals surface area contributed by atoms with E-state index in [4.69, 9.17) is 10.2 Å². The quantitative estimate of drug-likeness (QED) is 0.0148. The summed E-state index contributed by atoms with van der Waals surface area (Å²) in [6, 6.07) is 27.7. The lowest BCUT2D eigenvalue weighted by molar-refractivity contribution is -0.142. The van der Waals surface area contributed by atoms with E-state index in [1.54, 1.807) is 0 Å². The highest BCUT2D eigenvalue weighted by Gasteiger charge is 2.33. The van der Waals surface area contributed by atoms with Gasteiger partial charge in [0.25, 0.3) is 0 Å². The summed E-state index contributed by atoms with van der Waals surface area (Å²) < 4.78 is 0. The average Bonchev–Trinajstić information content (AvgIpc) is 0.861. The van der Waals surface area contributed by atoms with Crippen molar-refractivity contribution in [2.45, 2.75) is 292 Å². The highest BCUT2D eigenvalue weighted by Crippen LogP contribution is 2.22. The van der Waals surface area contributed by atoms with E-state index in [0.717, 1.165) is 60.8 Å². The standard InChI is InChI=1S/C101H148N14O23/c1-70(116)81(112-100(137)114-83(98(133)134)50-52-93(125)126)44-26-12-24-42-79(117)40-22-4-2-6-28-54-106-95(129)75(60-71-32-14-8-15-33-71)64-87(119)85(62-73-36-18-10-19-37-73)110-91(123)48-30-46-89(121)108-77-66-102-56-58-104-68-78(69-105-59-57-103-67-77)109-90(122)47-31-49-92(124)111-86(63-74-38-20-11-21-39-74)88(120)65-76(61-72-34-16-9-17-35-72)96(130)107-55-29-7-3-5-23-41-80(118)43-25-13-27-45-82(97(131)132)113-101(138)115-84(99(135)136)51-53-94(127)128/h8-11,14-21,32-39,75-78,81-86,102-105,116H,1-7,12-13,22-31,40-69H2,(H,106,129)(H,107,130)(H,108,121)(H,109,122)(H,110,123)(H,111,124)(H,125,126)(H,127,128)(H,131,132)(H,133,134)(H,135,136)(H2,112,114,137)(H2,113,115,138)/t75-,76-,77?,78?,81?,82?,83?,84?,85+,86+/m0/s1. The molecule has 10 amide bonds. The van der Waals surface area contributed by atoms with Gasteiger partial charge in [0.15, 0.2) is 11.6 Å². The van der Waals surface area contributed by atoms with Crippen LogP contribution in [0.25, 0.3) is 0 Å². The number of aliphatic hydroxyl groups is 1. The van der Waals surface area contributed by atoms with Crippen molar-refractivity contribution in [3.8, 4) is 0 Å². The molecule has 0 spiro atoms. The molecule has 37 nitrogen and oxygen atoms in total. The predicted octanol–water partition coefficient (Wildman–Crippen LogP) is 7.84. The molecule has 0 aromatic heterocycles. The van der Waals surface area contributed by atoms with Crippen molar-refractivity contribution in [3.05, 3.63) is 156 Å². The summed E-state index contributed by atoms with van der Waals surface area (Å²) in [5.74, 6) is -10.8. The molecule has 0 radical (unpaired) electrons. The maximum atomic E-state index is 14.4. The van der Waals surface area contributed by atoms with E-state index in [9.17, 15) is 102 Å². The minimum absolute atomic E-state index is 0.0323. The van der Waals surface area contributed by atoms with Gasteiger partial charge in [0.1, 0.15) is 35.5 Å². The topological polar surface area (TPSA) is 580 Å². The summed E-state index contributed by atoms with van der Waals surface area (Å²) >= 11 is 0. The molecular weight excluding hydrogens is 1780 g/mol. The Labute approximate surface area is 808 Å². The van der Waals surface area contributed by atoms with Crippen molar-refractivity contribution >= 4 is 100 Å². The molecule has 20 N–H and O–H groups in total. The molecule has 4 aromatic rings. The minimum Gasteiger partial charge on any atom is -0.511 e. The smallest absolute Gasteiger partial charge is 0.326 e. The Hall–Kier alpha value is -12.3. The number of urea groups is 2. The van der Waals surface area contributed by atoms with Crippen LogP contribution in [0.3, 0.4) is 0 Å². The van der Waals surface area contributed by atoms with Crippen molar-refractivity contribution in [1.29, 1.82) is 0 Å². The van der Waals surface area contributed by atoms with Crippen molar-refractivity contribution < 1.29 is 112 Å². The van der Waals surface area contributed by atoms with Gasteiger partial charge in [-0.2, -0.15) is 0 Å². The van der Waals surface area contributed by atoms with Gasteiger partial charge in [0.2, 0.25) is 35.4 Å². The fourth-order valence-electron chi connectivity index (χ4n) is 16.0. The molecule has 1 aliphatic heterocycles. The number of benzene rings is 4. The number of hydrogen-bond acceptors (Lipinski definition) is 22. The first-order chi connectivity index (χ1) is 66.4. The molecule has 8 atom stereocenters. The van der Waals surface area contributed by atoms with Gasteiger partial charge < -0.3 is 105 Å². The molecular formula is C101H148N14O23. The van der Waals surface area contributed by atoms with Crippen molar-refractivity contribution in [2.24, 2.45) is 11.8 Å². The second-order valence-electron chi connectivity index (χ2n) is 35.5. The number of aliphatic hydroxyl groups excluding tert-OH is 1. The summed E-state index contributed by atoms with van der Waals surface area (Å²) in [6.45, 7) is 8.08. The summed E-state index contributed by atoms with van der Waals surface area (Å²) in [5, 5.41) is 96.8. The second kappa shape index (κ2) is 69.5. The third kappa shape index (κ3) is 54.0. The van der Waals surface area contributed by atoms with Crippen molar-refractivity contribution in [2.75, 3.05) is 65.4 Å². The molecule has 4 aromatic carbocycles. The zero-order chi connectivity index (χ0) is 100. The Balaban J connectivity index is 0.983. The maximum Gasteiger partial charge on any atom is 0.326 e. The second-order valence-corrected chi connectivity index (χ2v) is 35.5. The van der Waals surface area contributed by atoms with Crippen LogP contribution in [-0.2, 0) is 97.6 Å². The number of hydrogen-bond donors (Lipinski definition) is 20. The third-order valence-electron chi connectivity index (χ3n) is 23.7. The molecule has 138 heavy (non-hydrogen) atoms. The van der Waals surface area contributed by atoms with Crippen molar-refractivity contribution in [1.82, 2.24) is 74.4 Å². The van der Waals surface area contributed by atoms with E-state index in [2.05, 4.69) is 81.0 Å². The number of carboxylic acids is 5. The molecule has 1 saturated heterocycles. The number of Topliss-reactive ketones (excluding diaryl/α,β-unsaturated/α-hetero) is 4. The van der Waals surface area contributed by atoms with E-state index in [-0.39, 0.29) is 167 Å². The monoisotopic (exact) mass is 1930 g/mol. The van der Waals surface area contributed by atoms with E-state index in [1.165, 1.54) is 0 Å². The summed E-state index contributed by atoms with van der Waals surface area (Å²) in [6.07, 6.45) is 11.9. The summed E-state index contributed by atoms with van der Waals surface area (Å²) in [4.78, 5) is 218. The van der Waals surface area contributed by atoms with Crippen LogP contribution >= 0.6 is 0 Å². The van der Waals surface area contributed by atoms with Crippen LogP contribution in [0, 0.1) is 11.8 Å². The number of ketones is 4.